The molecule has 0 fully saturated rings. The van der Waals surface area contributed by atoms with Gasteiger partial charge in [-0.2, -0.15) is 0 Å². The Morgan fingerprint density at radius 3 is 2.76 bits per heavy atom. The van der Waals surface area contributed by atoms with Crippen molar-refractivity contribution < 1.29 is 4.74 Å². The van der Waals surface area contributed by atoms with Crippen molar-refractivity contribution in [2.75, 3.05) is 13.2 Å². The average molecular weight is 280 g/mol. The van der Waals surface area contributed by atoms with Crippen LogP contribution in [-0.4, -0.2) is 18.1 Å². The lowest BCUT2D eigenvalue weighted by molar-refractivity contribution is 0.257. The normalized spacial score (nSPS) is 12.7. The van der Waals surface area contributed by atoms with E-state index in [4.69, 9.17) is 15.5 Å². The summed E-state index contributed by atoms with van der Waals surface area (Å²) >= 11 is 0. The smallest absolute Gasteiger partial charge is 0.128 e. The molecule has 0 radical (unpaired) electrons. The van der Waals surface area contributed by atoms with Gasteiger partial charge in [-0.05, 0) is 43.1 Å². The van der Waals surface area contributed by atoms with Crippen LogP contribution in [0.3, 0.4) is 0 Å². The number of benzene rings is 2. The van der Waals surface area contributed by atoms with Crippen LogP contribution in [0, 0.1) is 5.92 Å². The molecular weight excluding hydrogens is 260 g/mol. The molecule has 3 aromatic rings. The highest BCUT2D eigenvalue weighted by molar-refractivity contribution is 5.95. The molecule has 0 spiro atoms. The van der Waals surface area contributed by atoms with E-state index in [9.17, 15) is 0 Å². The van der Waals surface area contributed by atoms with Crippen LogP contribution in [0.15, 0.2) is 48.5 Å². The molecule has 1 atom stereocenters. The molecule has 0 bridgehead atoms. The van der Waals surface area contributed by atoms with Crippen LogP contribution < -0.4 is 10.5 Å². The van der Waals surface area contributed by atoms with E-state index >= 15 is 0 Å². The number of para-hydroxylation sites is 1. The Bertz CT molecular complexity index is 754. The first-order valence-electron chi connectivity index (χ1n) is 7.39. The van der Waals surface area contributed by atoms with Crippen LogP contribution in [0.1, 0.15) is 13.3 Å². The molecule has 2 N–H and O–H groups in total. The SMILES string of the molecule is CC(CCN)COc1cccc2nc3ccccc3cc12. The minimum Gasteiger partial charge on any atom is -0.493 e. The Labute approximate surface area is 124 Å². The number of ether oxygens (including phenoxy) is 1. The largest absolute Gasteiger partial charge is 0.493 e. The zero-order valence-electron chi connectivity index (χ0n) is 12.3. The van der Waals surface area contributed by atoms with Crippen molar-refractivity contribution in [2.45, 2.75) is 13.3 Å². The van der Waals surface area contributed by atoms with Crippen molar-refractivity contribution in [2.24, 2.45) is 11.7 Å². The van der Waals surface area contributed by atoms with Gasteiger partial charge in [0.15, 0.2) is 0 Å². The topological polar surface area (TPSA) is 48.1 Å². The minimum absolute atomic E-state index is 0.457. The number of nitrogens with two attached hydrogens (primary N) is 1. The van der Waals surface area contributed by atoms with E-state index in [-0.39, 0.29) is 0 Å². The Morgan fingerprint density at radius 2 is 1.90 bits per heavy atom. The lowest BCUT2D eigenvalue weighted by atomic mass is 10.1. The number of hydrogen-bond acceptors (Lipinski definition) is 3. The molecule has 0 aliphatic heterocycles. The van der Waals surface area contributed by atoms with Gasteiger partial charge in [0, 0.05) is 10.8 Å². The standard InChI is InChI=1S/C18H20N2O/c1-13(9-10-19)12-21-18-8-4-7-17-15(18)11-14-5-2-3-6-16(14)20-17/h2-8,11,13H,9-10,12,19H2,1H3. The summed E-state index contributed by atoms with van der Waals surface area (Å²) < 4.78 is 5.99. The van der Waals surface area contributed by atoms with Crippen LogP contribution in [0.5, 0.6) is 5.75 Å². The highest BCUT2D eigenvalue weighted by atomic mass is 16.5. The quantitative estimate of drug-likeness (QED) is 0.724. The van der Waals surface area contributed by atoms with E-state index in [1.807, 2.05) is 36.4 Å². The van der Waals surface area contributed by atoms with Gasteiger partial charge >= 0.3 is 0 Å². The fourth-order valence-electron chi connectivity index (χ4n) is 2.50. The number of hydrogen-bond donors (Lipinski definition) is 1. The number of rotatable bonds is 5. The summed E-state index contributed by atoms with van der Waals surface area (Å²) in [6.07, 6.45) is 0.978. The molecule has 1 aromatic heterocycles. The van der Waals surface area contributed by atoms with Gasteiger partial charge in [0.2, 0.25) is 0 Å². The molecule has 0 aliphatic rings. The molecule has 1 unspecified atom stereocenters. The van der Waals surface area contributed by atoms with Crippen LogP contribution >= 0.6 is 0 Å². The fourth-order valence-corrected chi connectivity index (χ4v) is 2.50. The average Bonchev–Trinajstić information content (AvgIpc) is 2.51. The van der Waals surface area contributed by atoms with Crippen molar-refractivity contribution in [1.82, 2.24) is 4.98 Å². The number of pyridine rings is 1. The summed E-state index contributed by atoms with van der Waals surface area (Å²) in [4.78, 5) is 4.70. The molecule has 3 rings (SSSR count). The molecule has 0 saturated carbocycles. The van der Waals surface area contributed by atoms with Gasteiger partial charge < -0.3 is 10.5 Å². The molecule has 0 amide bonds. The zero-order chi connectivity index (χ0) is 14.7. The van der Waals surface area contributed by atoms with Gasteiger partial charge in [-0.25, -0.2) is 4.98 Å². The first-order chi connectivity index (χ1) is 10.3. The molecule has 1 heterocycles. The maximum Gasteiger partial charge on any atom is 0.128 e. The lowest BCUT2D eigenvalue weighted by Gasteiger charge is -2.14. The Balaban J connectivity index is 1.96. The van der Waals surface area contributed by atoms with Gasteiger partial charge in [0.05, 0.1) is 17.6 Å². The van der Waals surface area contributed by atoms with Gasteiger partial charge in [-0.15, -0.1) is 0 Å². The van der Waals surface area contributed by atoms with Crippen molar-refractivity contribution >= 4 is 21.8 Å². The second-order valence-electron chi connectivity index (χ2n) is 5.50. The molecule has 3 nitrogen and oxygen atoms in total. The van der Waals surface area contributed by atoms with E-state index in [1.165, 1.54) is 0 Å². The van der Waals surface area contributed by atoms with Crippen LogP contribution in [0.4, 0.5) is 0 Å². The van der Waals surface area contributed by atoms with E-state index in [0.29, 0.717) is 19.1 Å². The van der Waals surface area contributed by atoms with E-state index < -0.39 is 0 Å². The zero-order valence-corrected chi connectivity index (χ0v) is 12.3. The predicted molar refractivity (Wildman–Crippen MR) is 87.6 cm³/mol. The number of nitrogens with zero attached hydrogens (tertiary/aromatic N) is 1. The second-order valence-corrected chi connectivity index (χ2v) is 5.50. The highest BCUT2D eigenvalue weighted by Gasteiger charge is 2.07. The van der Waals surface area contributed by atoms with E-state index in [1.54, 1.807) is 0 Å². The molecule has 3 heteroatoms. The first kappa shape index (κ1) is 13.8. The second kappa shape index (κ2) is 6.10. The molecule has 21 heavy (non-hydrogen) atoms. The van der Waals surface area contributed by atoms with Gasteiger partial charge in [-0.1, -0.05) is 31.2 Å². The summed E-state index contributed by atoms with van der Waals surface area (Å²) in [6, 6.07) is 16.3. The van der Waals surface area contributed by atoms with Crippen molar-refractivity contribution in [3.8, 4) is 5.75 Å². The van der Waals surface area contributed by atoms with Crippen molar-refractivity contribution in [3.63, 3.8) is 0 Å². The van der Waals surface area contributed by atoms with Gasteiger partial charge in [0.25, 0.3) is 0 Å². The third-order valence-corrected chi connectivity index (χ3v) is 3.70. The third kappa shape index (κ3) is 2.98. The molecule has 2 aromatic carbocycles. The fraction of sp³-hybridized carbons (Fsp3) is 0.278. The summed E-state index contributed by atoms with van der Waals surface area (Å²) in [6.45, 7) is 3.54. The van der Waals surface area contributed by atoms with Crippen LogP contribution in [-0.2, 0) is 0 Å². The Hall–Kier alpha value is -2.13. The van der Waals surface area contributed by atoms with Crippen LogP contribution in [0.25, 0.3) is 21.8 Å². The molecule has 0 saturated heterocycles. The Morgan fingerprint density at radius 1 is 1.10 bits per heavy atom. The maximum absolute atomic E-state index is 5.99. The Kier molecular flexibility index (Phi) is 4.02. The van der Waals surface area contributed by atoms with E-state index in [2.05, 4.69) is 19.1 Å². The predicted octanol–water partition coefficient (Wildman–Crippen LogP) is 3.75. The number of fused-ring (bicyclic) bond motifs is 2. The van der Waals surface area contributed by atoms with E-state index in [0.717, 1.165) is 34.0 Å². The monoisotopic (exact) mass is 280 g/mol. The van der Waals surface area contributed by atoms with Gasteiger partial charge in [0.1, 0.15) is 5.75 Å². The summed E-state index contributed by atoms with van der Waals surface area (Å²) in [5, 5.41) is 2.20. The first-order valence-corrected chi connectivity index (χ1v) is 7.39. The summed E-state index contributed by atoms with van der Waals surface area (Å²) in [5.41, 5.74) is 7.57. The molecule has 0 aliphatic carbocycles. The van der Waals surface area contributed by atoms with Gasteiger partial charge in [-0.3, -0.25) is 0 Å². The number of aromatic nitrogens is 1. The summed E-state index contributed by atoms with van der Waals surface area (Å²) in [7, 11) is 0. The highest BCUT2D eigenvalue weighted by Crippen LogP contribution is 2.28. The van der Waals surface area contributed by atoms with Crippen LogP contribution in [0.2, 0.25) is 0 Å². The maximum atomic E-state index is 5.99. The van der Waals surface area contributed by atoms with Crippen molar-refractivity contribution in [1.29, 1.82) is 0 Å². The third-order valence-electron chi connectivity index (χ3n) is 3.70. The molecule has 108 valence electrons. The minimum atomic E-state index is 0.457. The summed E-state index contributed by atoms with van der Waals surface area (Å²) in [5.74, 6) is 1.35. The molecular formula is C18H20N2O. The lowest BCUT2D eigenvalue weighted by Crippen LogP contribution is -2.13. The van der Waals surface area contributed by atoms with Crippen molar-refractivity contribution in [3.05, 3.63) is 48.5 Å².